The van der Waals surface area contributed by atoms with Crippen LogP contribution in [0.3, 0.4) is 0 Å². The molecular formula is C22H14N2O2. The van der Waals surface area contributed by atoms with E-state index in [1.54, 1.807) is 0 Å². The number of benzene rings is 1. The van der Waals surface area contributed by atoms with Crippen molar-refractivity contribution < 1.29 is 9.59 Å². The number of amides is 2. The summed E-state index contributed by atoms with van der Waals surface area (Å²) in [4.78, 5) is 25.2. The van der Waals surface area contributed by atoms with Gasteiger partial charge in [0.15, 0.2) is 0 Å². The fourth-order valence-corrected chi connectivity index (χ4v) is 4.63. The SMILES string of the molecule is O=C1NC(=O)c2c1c1c(c3c2=C2C=CC=CC2N3)C2C=CC=CC2=CC=1. The zero-order valence-electron chi connectivity index (χ0n) is 13.7. The van der Waals surface area contributed by atoms with E-state index in [1.165, 1.54) is 5.57 Å². The number of fused-ring (bicyclic) bond motifs is 9. The lowest BCUT2D eigenvalue weighted by atomic mass is 9.80. The minimum absolute atomic E-state index is 0.0339. The average Bonchev–Trinajstić information content (AvgIpc) is 3.18. The summed E-state index contributed by atoms with van der Waals surface area (Å²) in [6.45, 7) is 0. The van der Waals surface area contributed by atoms with Gasteiger partial charge in [-0.2, -0.15) is 0 Å². The highest BCUT2D eigenvalue weighted by Gasteiger charge is 2.38. The normalized spacial score (nSPS) is 25.5. The number of rotatable bonds is 0. The summed E-state index contributed by atoms with van der Waals surface area (Å²) in [6.07, 6.45) is 20.4. The predicted molar refractivity (Wildman–Crippen MR) is 100 cm³/mol. The van der Waals surface area contributed by atoms with E-state index in [-0.39, 0.29) is 23.8 Å². The van der Waals surface area contributed by atoms with E-state index in [1.807, 2.05) is 42.5 Å². The minimum Gasteiger partial charge on any atom is -0.374 e. The molecule has 2 heterocycles. The second-order valence-electron chi connectivity index (χ2n) is 6.99. The maximum absolute atomic E-state index is 12.6. The van der Waals surface area contributed by atoms with Gasteiger partial charge in [0.05, 0.1) is 17.2 Å². The molecule has 5 aliphatic rings. The van der Waals surface area contributed by atoms with E-state index in [0.717, 1.165) is 27.3 Å². The molecule has 0 bridgehead atoms. The van der Waals surface area contributed by atoms with Crippen LogP contribution in [0.4, 0.5) is 5.69 Å². The van der Waals surface area contributed by atoms with Crippen LogP contribution in [0.2, 0.25) is 0 Å². The second-order valence-corrected chi connectivity index (χ2v) is 6.99. The van der Waals surface area contributed by atoms with E-state index in [4.69, 9.17) is 0 Å². The third kappa shape index (κ3) is 1.54. The van der Waals surface area contributed by atoms with Crippen molar-refractivity contribution in [2.75, 3.05) is 5.32 Å². The van der Waals surface area contributed by atoms with Crippen LogP contribution >= 0.6 is 0 Å². The smallest absolute Gasteiger partial charge is 0.259 e. The second kappa shape index (κ2) is 4.61. The Morgan fingerprint density at radius 1 is 0.846 bits per heavy atom. The van der Waals surface area contributed by atoms with Gasteiger partial charge in [-0.25, -0.2) is 0 Å². The summed E-state index contributed by atoms with van der Waals surface area (Å²) in [5.41, 5.74) is 5.34. The number of carbonyl (C=O) groups excluding carboxylic acids is 2. The molecule has 0 radical (unpaired) electrons. The third-order valence-electron chi connectivity index (χ3n) is 5.69. The topological polar surface area (TPSA) is 58.2 Å². The van der Waals surface area contributed by atoms with Gasteiger partial charge in [0.1, 0.15) is 0 Å². The number of imide groups is 1. The lowest BCUT2D eigenvalue weighted by Crippen LogP contribution is -2.31. The fraction of sp³-hybridized carbons (Fsp3) is 0.0909. The van der Waals surface area contributed by atoms with Crippen molar-refractivity contribution >= 4 is 29.2 Å². The lowest BCUT2D eigenvalue weighted by molar-refractivity contribution is 0.0879. The Bertz CT molecular complexity index is 1220. The molecule has 2 aliphatic heterocycles. The van der Waals surface area contributed by atoms with Crippen LogP contribution in [-0.4, -0.2) is 17.9 Å². The Morgan fingerprint density at radius 2 is 1.65 bits per heavy atom. The van der Waals surface area contributed by atoms with Gasteiger partial charge in [-0.15, -0.1) is 0 Å². The van der Waals surface area contributed by atoms with Gasteiger partial charge in [0.25, 0.3) is 11.8 Å². The van der Waals surface area contributed by atoms with Gasteiger partial charge in [0.2, 0.25) is 0 Å². The van der Waals surface area contributed by atoms with Crippen LogP contribution in [0, 0.1) is 0 Å². The van der Waals surface area contributed by atoms with Crippen molar-refractivity contribution in [3.8, 4) is 0 Å². The quantitative estimate of drug-likeness (QED) is 0.706. The van der Waals surface area contributed by atoms with Crippen LogP contribution < -0.4 is 21.1 Å². The van der Waals surface area contributed by atoms with Crippen molar-refractivity contribution in [2.24, 2.45) is 0 Å². The number of anilines is 1. The first-order chi connectivity index (χ1) is 12.7. The Morgan fingerprint density at radius 3 is 2.58 bits per heavy atom. The molecular weight excluding hydrogens is 324 g/mol. The Labute approximate surface area is 149 Å². The molecule has 2 atom stereocenters. The molecule has 4 nitrogen and oxygen atoms in total. The summed E-state index contributed by atoms with van der Waals surface area (Å²) in [6, 6.07) is 0.0339. The molecule has 0 saturated carbocycles. The molecule has 0 saturated heterocycles. The van der Waals surface area contributed by atoms with Crippen LogP contribution in [0.5, 0.6) is 0 Å². The number of allylic oxidation sites excluding steroid dienone is 8. The standard InChI is InChI=1S/C22H14N2O2/c25-21-18-14-10-9-11-5-1-2-6-12(11)16(14)20-17(19(18)22(26)24-21)13-7-3-4-8-15(13)23-20/h1-10,12,15,23H,(H,24,25,26). The van der Waals surface area contributed by atoms with Gasteiger partial charge < -0.3 is 5.32 Å². The van der Waals surface area contributed by atoms with Gasteiger partial charge in [-0.3, -0.25) is 14.9 Å². The lowest BCUT2D eigenvalue weighted by Gasteiger charge is -2.25. The Hall–Kier alpha value is -3.40. The van der Waals surface area contributed by atoms with Crippen molar-refractivity contribution in [2.45, 2.75) is 12.0 Å². The molecule has 2 unspecified atom stereocenters. The van der Waals surface area contributed by atoms with E-state index in [9.17, 15) is 9.59 Å². The summed E-state index contributed by atoms with van der Waals surface area (Å²) < 4.78 is 0. The van der Waals surface area contributed by atoms with Crippen molar-refractivity contribution in [3.05, 3.63) is 87.4 Å². The first-order valence-corrected chi connectivity index (χ1v) is 8.72. The van der Waals surface area contributed by atoms with Gasteiger partial charge in [-0.1, -0.05) is 60.8 Å². The maximum Gasteiger partial charge on any atom is 0.259 e. The Kier molecular flexibility index (Phi) is 2.45. The zero-order chi connectivity index (χ0) is 17.4. The number of hydrogen-bond donors (Lipinski definition) is 2. The molecule has 124 valence electrons. The number of nitrogens with one attached hydrogen (secondary N) is 2. The van der Waals surface area contributed by atoms with E-state index < -0.39 is 0 Å². The van der Waals surface area contributed by atoms with E-state index in [0.29, 0.717) is 11.1 Å². The van der Waals surface area contributed by atoms with Crippen molar-refractivity contribution in [1.82, 2.24) is 5.32 Å². The molecule has 0 spiro atoms. The first kappa shape index (κ1) is 13.8. The van der Waals surface area contributed by atoms with Crippen LogP contribution in [0.25, 0.3) is 11.6 Å². The monoisotopic (exact) mass is 338 g/mol. The van der Waals surface area contributed by atoms with Crippen molar-refractivity contribution in [3.63, 3.8) is 0 Å². The highest BCUT2D eigenvalue weighted by atomic mass is 16.2. The average molecular weight is 338 g/mol. The molecule has 3 aliphatic carbocycles. The van der Waals surface area contributed by atoms with E-state index in [2.05, 4.69) is 28.9 Å². The number of hydrogen-bond acceptors (Lipinski definition) is 3. The fourth-order valence-electron chi connectivity index (χ4n) is 4.63. The third-order valence-corrected chi connectivity index (χ3v) is 5.69. The molecule has 4 heteroatoms. The summed E-state index contributed by atoms with van der Waals surface area (Å²) in [5.74, 6) is -0.514. The maximum atomic E-state index is 12.6. The minimum atomic E-state index is -0.302. The van der Waals surface area contributed by atoms with Gasteiger partial charge >= 0.3 is 0 Å². The van der Waals surface area contributed by atoms with Crippen molar-refractivity contribution in [1.29, 1.82) is 0 Å². The molecule has 0 aromatic heterocycles. The Balaban J connectivity index is 1.83. The molecule has 0 fully saturated rings. The summed E-state index contributed by atoms with van der Waals surface area (Å²) in [7, 11) is 0. The largest absolute Gasteiger partial charge is 0.374 e. The highest BCUT2D eigenvalue weighted by molar-refractivity contribution is 6.23. The highest BCUT2D eigenvalue weighted by Crippen LogP contribution is 2.37. The molecule has 26 heavy (non-hydrogen) atoms. The molecule has 2 N–H and O–H groups in total. The molecule has 1 aromatic rings. The molecule has 1 aromatic carbocycles. The zero-order valence-corrected chi connectivity index (χ0v) is 13.7. The summed E-state index contributed by atoms with van der Waals surface area (Å²) in [5, 5.41) is 7.82. The molecule has 2 amide bonds. The number of carbonyl (C=O) groups is 2. The van der Waals surface area contributed by atoms with Gasteiger partial charge in [-0.05, 0) is 21.9 Å². The van der Waals surface area contributed by atoms with Gasteiger partial charge in [0, 0.05) is 16.8 Å². The molecule has 6 rings (SSSR count). The van der Waals surface area contributed by atoms with Crippen LogP contribution in [0.15, 0.2) is 60.3 Å². The predicted octanol–water partition coefficient (Wildman–Crippen LogP) is 1.57. The summed E-state index contributed by atoms with van der Waals surface area (Å²) >= 11 is 0. The van der Waals surface area contributed by atoms with Crippen LogP contribution in [-0.2, 0) is 0 Å². The van der Waals surface area contributed by atoms with E-state index >= 15 is 0 Å². The van der Waals surface area contributed by atoms with Crippen LogP contribution in [0.1, 0.15) is 32.2 Å². The first-order valence-electron chi connectivity index (χ1n) is 8.72.